The van der Waals surface area contributed by atoms with Gasteiger partial charge >= 0.3 is 0 Å². The second kappa shape index (κ2) is 4.55. The molecule has 19 heavy (non-hydrogen) atoms. The number of nitrogens with one attached hydrogen (secondary N) is 1. The van der Waals surface area contributed by atoms with Crippen LogP contribution in [-0.4, -0.2) is 27.0 Å². The third-order valence-corrected chi connectivity index (χ3v) is 3.70. The standard InChI is InChI=1S/C13H13N5S/c1-7-6-9-11(14-3)17-12(18-13(9)19-7)10-4-5-15-8(2)16-10/h4-6H,1-3H3,(H,14,17,18). The Morgan fingerprint density at radius 1 is 1.16 bits per heavy atom. The van der Waals surface area contributed by atoms with Gasteiger partial charge in [0, 0.05) is 18.1 Å². The van der Waals surface area contributed by atoms with Crippen LogP contribution in [0, 0.1) is 13.8 Å². The van der Waals surface area contributed by atoms with Crippen molar-refractivity contribution in [3.8, 4) is 11.5 Å². The van der Waals surface area contributed by atoms with Gasteiger partial charge in [0.15, 0.2) is 5.82 Å². The fourth-order valence-electron chi connectivity index (χ4n) is 1.93. The molecule has 0 fully saturated rings. The highest BCUT2D eigenvalue weighted by molar-refractivity contribution is 7.18. The molecule has 0 bridgehead atoms. The van der Waals surface area contributed by atoms with Crippen molar-refractivity contribution in [2.45, 2.75) is 13.8 Å². The van der Waals surface area contributed by atoms with Crippen LogP contribution in [0.4, 0.5) is 5.82 Å². The summed E-state index contributed by atoms with van der Waals surface area (Å²) in [4.78, 5) is 19.8. The molecule has 6 heteroatoms. The molecule has 0 saturated carbocycles. The van der Waals surface area contributed by atoms with Crippen LogP contribution in [0.15, 0.2) is 18.3 Å². The molecular formula is C13H13N5S. The number of hydrogen-bond donors (Lipinski definition) is 1. The number of fused-ring (bicyclic) bond motifs is 1. The van der Waals surface area contributed by atoms with Gasteiger partial charge in [0.2, 0.25) is 0 Å². The minimum atomic E-state index is 0.629. The lowest BCUT2D eigenvalue weighted by atomic mass is 10.3. The molecule has 3 aromatic rings. The molecule has 96 valence electrons. The average Bonchev–Trinajstić information content (AvgIpc) is 2.77. The Morgan fingerprint density at radius 2 is 2.00 bits per heavy atom. The van der Waals surface area contributed by atoms with Gasteiger partial charge in [-0.1, -0.05) is 0 Å². The Morgan fingerprint density at radius 3 is 2.74 bits per heavy atom. The second-order valence-electron chi connectivity index (χ2n) is 4.21. The quantitative estimate of drug-likeness (QED) is 0.776. The van der Waals surface area contributed by atoms with Gasteiger partial charge in [-0.05, 0) is 26.0 Å². The number of hydrogen-bond acceptors (Lipinski definition) is 6. The lowest BCUT2D eigenvalue weighted by Gasteiger charge is -2.05. The molecule has 1 N–H and O–H groups in total. The zero-order chi connectivity index (χ0) is 13.4. The minimum Gasteiger partial charge on any atom is -0.372 e. The third-order valence-electron chi connectivity index (χ3n) is 2.76. The first kappa shape index (κ1) is 12.0. The van der Waals surface area contributed by atoms with Crippen LogP contribution in [0.25, 0.3) is 21.7 Å². The van der Waals surface area contributed by atoms with Gasteiger partial charge in [-0.25, -0.2) is 19.9 Å². The first-order valence-electron chi connectivity index (χ1n) is 5.93. The van der Waals surface area contributed by atoms with E-state index in [0.29, 0.717) is 5.82 Å². The summed E-state index contributed by atoms with van der Waals surface area (Å²) in [6, 6.07) is 3.93. The van der Waals surface area contributed by atoms with Crippen LogP contribution in [0.3, 0.4) is 0 Å². The summed E-state index contributed by atoms with van der Waals surface area (Å²) in [6.07, 6.45) is 1.73. The van der Waals surface area contributed by atoms with Gasteiger partial charge in [0.25, 0.3) is 0 Å². The van der Waals surface area contributed by atoms with Crippen LogP contribution in [0.2, 0.25) is 0 Å². The molecule has 0 atom stereocenters. The van der Waals surface area contributed by atoms with Gasteiger partial charge in [0.1, 0.15) is 22.2 Å². The molecule has 3 rings (SSSR count). The number of thiophene rings is 1. The predicted octanol–water partition coefficient (Wildman–Crippen LogP) is 2.81. The normalized spacial score (nSPS) is 10.9. The molecule has 0 radical (unpaired) electrons. The summed E-state index contributed by atoms with van der Waals surface area (Å²) in [5.41, 5.74) is 0.747. The Labute approximate surface area is 114 Å². The van der Waals surface area contributed by atoms with Crippen LogP contribution in [-0.2, 0) is 0 Å². The van der Waals surface area contributed by atoms with Crippen molar-refractivity contribution in [3.05, 3.63) is 29.0 Å². The van der Waals surface area contributed by atoms with Gasteiger partial charge in [-0.15, -0.1) is 11.3 Å². The van der Waals surface area contributed by atoms with E-state index in [1.165, 1.54) is 4.88 Å². The highest BCUT2D eigenvalue weighted by Crippen LogP contribution is 2.30. The molecule has 3 heterocycles. The van der Waals surface area contributed by atoms with Crippen molar-refractivity contribution in [1.29, 1.82) is 0 Å². The monoisotopic (exact) mass is 271 g/mol. The summed E-state index contributed by atoms with van der Waals surface area (Å²) in [6.45, 7) is 3.93. The number of aromatic nitrogens is 4. The summed E-state index contributed by atoms with van der Waals surface area (Å²) in [7, 11) is 1.86. The predicted molar refractivity (Wildman–Crippen MR) is 77.5 cm³/mol. The molecule has 3 aromatic heterocycles. The van der Waals surface area contributed by atoms with E-state index in [2.05, 4.69) is 38.2 Å². The van der Waals surface area contributed by atoms with E-state index < -0.39 is 0 Å². The molecule has 0 aromatic carbocycles. The molecule has 0 aliphatic rings. The van der Waals surface area contributed by atoms with Crippen LogP contribution in [0.1, 0.15) is 10.7 Å². The first-order valence-corrected chi connectivity index (χ1v) is 6.75. The number of rotatable bonds is 2. The largest absolute Gasteiger partial charge is 0.372 e. The molecule has 0 aliphatic carbocycles. The van der Waals surface area contributed by atoms with Crippen molar-refractivity contribution >= 4 is 27.4 Å². The Bertz CT molecular complexity index is 750. The van der Waals surface area contributed by atoms with Crippen molar-refractivity contribution < 1.29 is 0 Å². The van der Waals surface area contributed by atoms with Crippen LogP contribution in [0.5, 0.6) is 0 Å². The van der Waals surface area contributed by atoms with E-state index in [9.17, 15) is 0 Å². The molecule has 5 nitrogen and oxygen atoms in total. The molecule has 0 spiro atoms. The fraction of sp³-hybridized carbons (Fsp3) is 0.231. The van der Waals surface area contributed by atoms with Crippen molar-refractivity contribution in [2.75, 3.05) is 12.4 Å². The van der Waals surface area contributed by atoms with Crippen LogP contribution >= 0.6 is 11.3 Å². The maximum atomic E-state index is 4.59. The van der Waals surface area contributed by atoms with E-state index in [0.717, 1.165) is 27.6 Å². The smallest absolute Gasteiger partial charge is 0.181 e. The molecule has 0 saturated heterocycles. The fourth-order valence-corrected chi connectivity index (χ4v) is 2.81. The topological polar surface area (TPSA) is 63.6 Å². The Kier molecular flexibility index (Phi) is 2.87. The van der Waals surface area contributed by atoms with Crippen molar-refractivity contribution in [2.24, 2.45) is 0 Å². The summed E-state index contributed by atoms with van der Waals surface area (Å²) >= 11 is 1.66. The Balaban J connectivity index is 2.24. The van der Waals surface area contributed by atoms with E-state index in [4.69, 9.17) is 0 Å². The number of anilines is 1. The van der Waals surface area contributed by atoms with E-state index in [1.807, 2.05) is 20.0 Å². The number of aryl methyl sites for hydroxylation is 2. The average molecular weight is 271 g/mol. The lowest BCUT2D eigenvalue weighted by molar-refractivity contribution is 1.04. The molecule has 0 unspecified atom stereocenters. The molecule has 0 aliphatic heterocycles. The lowest BCUT2D eigenvalue weighted by Crippen LogP contribution is -1.99. The zero-order valence-corrected chi connectivity index (χ0v) is 11.7. The van der Waals surface area contributed by atoms with E-state index >= 15 is 0 Å². The Hall–Kier alpha value is -2.08. The highest BCUT2D eigenvalue weighted by atomic mass is 32.1. The molecule has 0 amide bonds. The van der Waals surface area contributed by atoms with Gasteiger partial charge in [0.05, 0.1) is 5.39 Å². The number of nitrogens with zero attached hydrogens (tertiary/aromatic N) is 4. The van der Waals surface area contributed by atoms with Crippen molar-refractivity contribution in [1.82, 2.24) is 19.9 Å². The summed E-state index contributed by atoms with van der Waals surface area (Å²) in [5, 5.41) is 4.18. The van der Waals surface area contributed by atoms with E-state index in [1.54, 1.807) is 17.5 Å². The van der Waals surface area contributed by atoms with Gasteiger partial charge < -0.3 is 5.32 Å². The van der Waals surface area contributed by atoms with E-state index in [-0.39, 0.29) is 0 Å². The molecular weight excluding hydrogens is 258 g/mol. The first-order chi connectivity index (χ1) is 9.17. The van der Waals surface area contributed by atoms with Gasteiger partial charge in [-0.3, -0.25) is 0 Å². The maximum absolute atomic E-state index is 4.59. The second-order valence-corrected chi connectivity index (χ2v) is 5.45. The van der Waals surface area contributed by atoms with Gasteiger partial charge in [-0.2, -0.15) is 0 Å². The minimum absolute atomic E-state index is 0.629. The SMILES string of the molecule is CNc1nc(-c2ccnc(C)n2)nc2sc(C)cc12. The highest BCUT2D eigenvalue weighted by Gasteiger charge is 2.11. The summed E-state index contributed by atoms with van der Waals surface area (Å²) in [5.74, 6) is 2.18. The maximum Gasteiger partial charge on any atom is 0.181 e. The van der Waals surface area contributed by atoms with Crippen LogP contribution < -0.4 is 5.32 Å². The third kappa shape index (κ3) is 2.15. The zero-order valence-electron chi connectivity index (χ0n) is 10.9. The van der Waals surface area contributed by atoms with Crippen molar-refractivity contribution in [3.63, 3.8) is 0 Å². The summed E-state index contributed by atoms with van der Waals surface area (Å²) < 4.78 is 0.